The minimum absolute atomic E-state index is 0.287. The first-order chi connectivity index (χ1) is 4.64. The second-order valence-corrected chi connectivity index (χ2v) is 2.52. The molecular formula is C6H8F2N2. The molecule has 4 heteroatoms. The van der Waals surface area contributed by atoms with Gasteiger partial charge in [-0.1, -0.05) is 0 Å². The minimum Gasteiger partial charge on any atom is -0.310 e. The number of nitriles is 1. The molecule has 0 aromatic heterocycles. The van der Waals surface area contributed by atoms with Crippen molar-refractivity contribution in [2.24, 2.45) is 5.92 Å². The first kappa shape index (κ1) is 7.42. The highest BCUT2D eigenvalue weighted by Crippen LogP contribution is 2.25. The summed E-state index contributed by atoms with van der Waals surface area (Å²) in [6.45, 7) is 0.108. The van der Waals surface area contributed by atoms with E-state index in [-0.39, 0.29) is 13.0 Å². The lowest BCUT2D eigenvalue weighted by Gasteiger charge is -2.25. The molecule has 0 spiro atoms. The van der Waals surface area contributed by atoms with E-state index in [1.807, 2.05) is 6.07 Å². The van der Waals surface area contributed by atoms with Crippen LogP contribution in [-0.2, 0) is 0 Å². The molecule has 0 amide bonds. The first-order valence-electron chi connectivity index (χ1n) is 3.12. The zero-order valence-electron chi connectivity index (χ0n) is 5.40. The molecule has 0 aromatic rings. The maximum atomic E-state index is 12.4. The predicted octanol–water partition coefficient (Wildman–Crippen LogP) is 0.755. The molecule has 56 valence electrons. The fourth-order valence-corrected chi connectivity index (χ4v) is 1.03. The average Bonchev–Trinajstić information content (AvgIpc) is 1.86. The fraction of sp³-hybridized carbons (Fsp3) is 0.833. The van der Waals surface area contributed by atoms with Crippen molar-refractivity contribution in [3.63, 3.8) is 0 Å². The number of hydrogen-bond donors (Lipinski definition) is 1. The summed E-state index contributed by atoms with van der Waals surface area (Å²) in [5.74, 6) is -3.21. The van der Waals surface area contributed by atoms with Gasteiger partial charge in [0.25, 0.3) is 5.92 Å². The van der Waals surface area contributed by atoms with Gasteiger partial charge in [0.2, 0.25) is 0 Å². The van der Waals surface area contributed by atoms with E-state index >= 15 is 0 Å². The highest BCUT2D eigenvalue weighted by molar-refractivity contribution is 4.93. The Morgan fingerprint density at radius 2 is 2.30 bits per heavy atom. The quantitative estimate of drug-likeness (QED) is 0.547. The molecule has 1 heterocycles. The molecule has 1 aliphatic rings. The van der Waals surface area contributed by atoms with Crippen LogP contribution < -0.4 is 5.32 Å². The molecule has 1 aliphatic heterocycles. The molecular weight excluding hydrogens is 138 g/mol. The van der Waals surface area contributed by atoms with Crippen LogP contribution >= 0.6 is 0 Å². The van der Waals surface area contributed by atoms with E-state index in [1.165, 1.54) is 0 Å². The predicted molar refractivity (Wildman–Crippen MR) is 31.5 cm³/mol. The highest BCUT2D eigenvalue weighted by atomic mass is 19.3. The van der Waals surface area contributed by atoms with Crippen molar-refractivity contribution < 1.29 is 8.78 Å². The third-order valence-electron chi connectivity index (χ3n) is 1.50. The van der Waals surface area contributed by atoms with Gasteiger partial charge in [0, 0.05) is 13.0 Å². The Hall–Kier alpha value is -0.690. The molecule has 1 atom stereocenters. The van der Waals surface area contributed by atoms with Crippen LogP contribution in [0.3, 0.4) is 0 Å². The van der Waals surface area contributed by atoms with Crippen molar-refractivity contribution in [3.05, 3.63) is 0 Å². The monoisotopic (exact) mass is 146 g/mol. The van der Waals surface area contributed by atoms with Crippen molar-refractivity contribution in [1.29, 1.82) is 5.26 Å². The molecule has 10 heavy (non-hydrogen) atoms. The van der Waals surface area contributed by atoms with Gasteiger partial charge in [-0.2, -0.15) is 5.26 Å². The van der Waals surface area contributed by atoms with Gasteiger partial charge in [-0.05, 0) is 0 Å². The summed E-state index contributed by atoms with van der Waals surface area (Å²) in [6, 6.07) is 1.82. The summed E-state index contributed by atoms with van der Waals surface area (Å²) in [6.07, 6.45) is -0.295. The normalized spacial score (nSPS) is 31.1. The molecule has 1 fully saturated rings. The maximum absolute atomic E-state index is 12.4. The molecule has 1 saturated heterocycles. The Labute approximate surface area is 57.8 Å². The summed E-state index contributed by atoms with van der Waals surface area (Å²) in [7, 11) is 0. The number of nitrogens with one attached hydrogen (secondary N) is 1. The van der Waals surface area contributed by atoms with E-state index in [0.717, 1.165) is 0 Å². The van der Waals surface area contributed by atoms with E-state index in [9.17, 15) is 8.78 Å². The molecule has 0 radical (unpaired) electrons. The average molecular weight is 146 g/mol. The Kier molecular flexibility index (Phi) is 1.86. The van der Waals surface area contributed by atoms with Gasteiger partial charge in [-0.25, -0.2) is 8.78 Å². The van der Waals surface area contributed by atoms with Crippen LogP contribution in [0.25, 0.3) is 0 Å². The number of rotatable bonds is 0. The number of alkyl halides is 2. The highest BCUT2D eigenvalue weighted by Gasteiger charge is 2.35. The number of piperidine rings is 1. The molecule has 0 aromatic carbocycles. The molecule has 1 rings (SSSR count). The summed E-state index contributed by atoms with van der Waals surface area (Å²) >= 11 is 0. The van der Waals surface area contributed by atoms with Gasteiger partial charge in [0.1, 0.15) is 0 Å². The van der Waals surface area contributed by atoms with E-state index in [0.29, 0.717) is 6.54 Å². The summed E-state index contributed by atoms with van der Waals surface area (Å²) in [5.41, 5.74) is 0. The van der Waals surface area contributed by atoms with E-state index < -0.39 is 11.8 Å². The lowest BCUT2D eigenvalue weighted by atomic mass is 9.99. The van der Waals surface area contributed by atoms with Crippen LogP contribution in [0, 0.1) is 17.2 Å². The molecule has 0 aliphatic carbocycles. The largest absolute Gasteiger partial charge is 0.310 e. The van der Waals surface area contributed by atoms with Crippen molar-refractivity contribution >= 4 is 0 Å². The van der Waals surface area contributed by atoms with Gasteiger partial charge >= 0.3 is 0 Å². The van der Waals surface area contributed by atoms with Crippen LogP contribution in [0.5, 0.6) is 0 Å². The minimum atomic E-state index is -2.68. The molecule has 2 nitrogen and oxygen atoms in total. The molecule has 0 bridgehead atoms. The Morgan fingerprint density at radius 3 is 2.70 bits per heavy atom. The van der Waals surface area contributed by atoms with E-state index in [4.69, 9.17) is 5.26 Å². The van der Waals surface area contributed by atoms with E-state index in [1.54, 1.807) is 0 Å². The van der Waals surface area contributed by atoms with Gasteiger partial charge < -0.3 is 5.32 Å². The smallest absolute Gasteiger partial charge is 0.261 e. The number of nitrogens with zero attached hydrogens (tertiary/aromatic N) is 1. The first-order valence-corrected chi connectivity index (χ1v) is 3.12. The lowest BCUT2D eigenvalue weighted by Crippen LogP contribution is -2.43. The van der Waals surface area contributed by atoms with Crippen LogP contribution in [-0.4, -0.2) is 19.0 Å². The third kappa shape index (κ3) is 1.64. The topological polar surface area (TPSA) is 35.8 Å². The standard InChI is InChI=1S/C6H8F2N2/c7-6(8)1-5(2-9)3-10-4-6/h5,10H,1,3-4H2. The third-order valence-corrected chi connectivity index (χ3v) is 1.50. The van der Waals surface area contributed by atoms with Gasteiger partial charge in [-0.3, -0.25) is 0 Å². The zero-order valence-corrected chi connectivity index (χ0v) is 5.40. The van der Waals surface area contributed by atoms with E-state index in [2.05, 4.69) is 5.32 Å². The zero-order chi connectivity index (χ0) is 7.61. The van der Waals surface area contributed by atoms with Gasteiger partial charge in [0.05, 0.1) is 18.5 Å². The van der Waals surface area contributed by atoms with Crippen LogP contribution in [0.15, 0.2) is 0 Å². The van der Waals surface area contributed by atoms with Crippen molar-refractivity contribution in [1.82, 2.24) is 5.32 Å². The molecule has 1 N–H and O–H groups in total. The second kappa shape index (κ2) is 2.51. The SMILES string of the molecule is N#CC1CNCC(F)(F)C1. The van der Waals surface area contributed by atoms with Crippen molar-refractivity contribution in [2.45, 2.75) is 12.3 Å². The Balaban J connectivity index is 2.49. The second-order valence-electron chi connectivity index (χ2n) is 2.52. The number of halogens is 2. The Morgan fingerprint density at radius 1 is 1.60 bits per heavy atom. The van der Waals surface area contributed by atoms with Gasteiger partial charge in [0.15, 0.2) is 0 Å². The van der Waals surface area contributed by atoms with Crippen LogP contribution in [0.4, 0.5) is 8.78 Å². The van der Waals surface area contributed by atoms with Crippen LogP contribution in [0.2, 0.25) is 0 Å². The maximum Gasteiger partial charge on any atom is 0.261 e. The summed E-state index contributed by atoms with van der Waals surface area (Å²) in [4.78, 5) is 0. The van der Waals surface area contributed by atoms with Crippen LogP contribution in [0.1, 0.15) is 6.42 Å². The van der Waals surface area contributed by atoms with Gasteiger partial charge in [-0.15, -0.1) is 0 Å². The number of hydrogen-bond acceptors (Lipinski definition) is 2. The fourth-order valence-electron chi connectivity index (χ4n) is 1.03. The van der Waals surface area contributed by atoms with Crippen molar-refractivity contribution in [3.8, 4) is 6.07 Å². The summed E-state index contributed by atoms with van der Waals surface area (Å²) < 4.78 is 24.9. The van der Waals surface area contributed by atoms with Crippen molar-refractivity contribution in [2.75, 3.05) is 13.1 Å². The Bertz CT molecular complexity index is 162. The lowest BCUT2D eigenvalue weighted by molar-refractivity contribution is -0.0311. The summed E-state index contributed by atoms with van der Waals surface area (Å²) in [5, 5.41) is 10.8. The molecule has 1 unspecified atom stereocenters. The molecule has 0 saturated carbocycles.